The van der Waals surface area contributed by atoms with Crippen LogP contribution in [0.25, 0.3) is 10.8 Å². The van der Waals surface area contributed by atoms with Crippen LogP contribution in [0.2, 0.25) is 0 Å². The molecular weight excluding hydrogens is 366 g/mol. The van der Waals surface area contributed by atoms with Crippen LogP contribution in [0.4, 0.5) is 0 Å². The second-order valence-corrected chi connectivity index (χ2v) is 7.96. The molecule has 3 aromatic carbocycles. The van der Waals surface area contributed by atoms with Crippen molar-refractivity contribution in [2.24, 2.45) is 0 Å². The normalized spacial score (nSPS) is 11.0. The van der Waals surface area contributed by atoms with Crippen LogP contribution < -0.4 is 4.74 Å². The topological polar surface area (TPSA) is 22.1 Å². The van der Waals surface area contributed by atoms with Crippen molar-refractivity contribution in [2.45, 2.75) is 39.5 Å². The van der Waals surface area contributed by atoms with Crippen molar-refractivity contribution >= 4 is 10.8 Å². The number of nitrogens with zero attached hydrogens (tertiary/aromatic N) is 1. The van der Waals surface area contributed by atoms with Gasteiger partial charge in [-0.25, -0.2) is 0 Å². The number of methoxy groups -OCH3 is 1. The van der Waals surface area contributed by atoms with E-state index in [0.717, 1.165) is 37.1 Å². The lowest BCUT2D eigenvalue weighted by Crippen LogP contribution is -1.97. The van der Waals surface area contributed by atoms with Crippen LogP contribution in [-0.4, -0.2) is 12.1 Å². The first kappa shape index (κ1) is 20.2. The largest absolute Gasteiger partial charge is 0.496 e. The fourth-order valence-electron chi connectivity index (χ4n) is 4.07. The first-order valence-corrected chi connectivity index (χ1v) is 10.7. The second-order valence-electron chi connectivity index (χ2n) is 7.96. The highest BCUT2D eigenvalue weighted by Gasteiger charge is 2.07. The van der Waals surface area contributed by atoms with Gasteiger partial charge in [-0.05, 0) is 71.5 Å². The van der Waals surface area contributed by atoms with E-state index in [2.05, 4.69) is 80.6 Å². The summed E-state index contributed by atoms with van der Waals surface area (Å²) in [5.41, 5.74) is 7.72. The van der Waals surface area contributed by atoms with Gasteiger partial charge in [-0.15, -0.1) is 0 Å². The molecule has 0 amide bonds. The fourth-order valence-corrected chi connectivity index (χ4v) is 4.07. The molecule has 1 heterocycles. The maximum atomic E-state index is 5.39. The smallest absolute Gasteiger partial charge is 0.121 e. The fraction of sp³-hybridized carbons (Fsp3) is 0.250. The Labute approximate surface area is 179 Å². The summed E-state index contributed by atoms with van der Waals surface area (Å²) in [6, 6.07) is 24.2. The number of pyridine rings is 1. The van der Waals surface area contributed by atoms with Crippen LogP contribution >= 0.6 is 0 Å². The summed E-state index contributed by atoms with van der Waals surface area (Å²) in [5, 5.41) is 2.53. The molecule has 0 N–H and O–H groups in total. The molecule has 0 atom stereocenters. The Kier molecular flexibility index (Phi) is 6.13. The quantitative estimate of drug-likeness (QED) is 0.357. The Hall–Kier alpha value is -3.13. The van der Waals surface area contributed by atoms with E-state index in [9.17, 15) is 0 Å². The first-order chi connectivity index (χ1) is 14.7. The predicted molar refractivity (Wildman–Crippen MR) is 126 cm³/mol. The molecule has 4 rings (SSSR count). The van der Waals surface area contributed by atoms with Gasteiger partial charge < -0.3 is 4.74 Å². The van der Waals surface area contributed by atoms with Gasteiger partial charge in [-0.1, -0.05) is 61.5 Å². The van der Waals surface area contributed by atoms with E-state index < -0.39 is 0 Å². The Balaban J connectivity index is 1.55. The Morgan fingerprint density at radius 1 is 0.833 bits per heavy atom. The zero-order valence-corrected chi connectivity index (χ0v) is 18.1. The van der Waals surface area contributed by atoms with Crippen molar-refractivity contribution in [3.05, 3.63) is 106 Å². The molecule has 0 saturated carbocycles. The molecule has 30 heavy (non-hydrogen) atoms. The number of aryl methyl sites for hydroxylation is 4. The van der Waals surface area contributed by atoms with Crippen LogP contribution in [0.5, 0.6) is 5.75 Å². The average Bonchev–Trinajstić information content (AvgIpc) is 2.78. The minimum Gasteiger partial charge on any atom is -0.496 e. The first-order valence-electron chi connectivity index (χ1n) is 10.7. The van der Waals surface area contributed by atoms with Crippen molar-refractivity contribution in [1.29, 1.82) is 0 Å². The highest BCUT2D eigenvalue weighted by Crippen LogP contribution is 2.24. The molecule has 0 unspecified atom stereocenters. The van der Waals surface area contributed by atoms with E-state index in [-0.39, 0.29) is 0 Å². The Bertz CT molecular complexity index is 1150. The lowest BCUT2D eigenvalue weighted by Gasteiger charge is -2.10. The molecular formula is C28H29NO. The molecule has 0 aliphatic rings. The Morgan fingerprint density at radius 3 is 2.33 bits per heavy atom. The number of rotatable bonds is 7. The Morgan fingerprint density at radius 2 is 1.60 bits per heavy atom. The zero-order chi connectivity index (χ0) is 20.9. The lowest BCUT2D eigenvalue weighted by atomic mass is 9.97. The van der Waals surface area contributed by atoms with E-state index >= 15 is 0 Å². The standard InChI is InChI=1S/C28H29NO/c1-4-21-8-10-23(11-9-21)17-26-18-27-24(6-5-7-25(27)19-29-26)14-12-22-13-15-28(30-3)20(2)16-22/h5-11,13,15-16,18-19H,4,12,14,17H2,1-3H3. The molecule has 0 aliphatic carbocycles. The number of benzene rings is 3. The molecule has 2 heteroatoms. The van der Waals surface area contributed by atoms with Gasteiger partial charge in [0.25, 0.3) is 0 Å². The molecule has 0 fully saturated rings. The highest BCUT2D eigenvalue weighted by atomic mass is 16.5. The van der Waals surface area contributed by atoms with Crippen molar-refractivity contribution in [3.8, 4) is 5.75 Å². The maximum absolute atomic E-state index is 5.39. The van der Waals surface area contributed by atoms with Gasteiger partial charge in [0.2, 0.25) is 0 Å². The monoisotopic (exact) mass is 395 g/mol. The van der Waals surface area contributed by atoms with Gasteiger partial charge in [0.05, 0.1) is 7.11 Å². The lowest BCUT2D eigenvalue weighted by molar-refractivity contribution is 0.411. The van der Waals surface area contributed by atoms with Gasteiger partial charge in [-0.2, -0.15) is 0 Å². The third-order valence-electron chi connectivity index (χ3n) is 5.87. The van der Waals surface area contributed by atoms with Crippen LogP contribution in [-0.2, 0) is 25.7 Å². The number of ether oxygens (including phenoxy) is 1. The summed E-state index contributed by atoms with van der Waals surface area (Å²) in [6.07, 6.45) is 5.99. The van der Waals surface area contributed by atoms with E-state index in [0.29, 0.717) is 0 Å². The minimum absolute atomic E-state index is 0.867. The molecule has 152 valence electrons. The third kappa shape index (κ3) is 4.54. The maximum Gasteiger partial charge on any atom is 0.121 e. The molecule has 1 aromatic heterocycles. The van der Waals surface area contributed by atoms with Crippen molar-refractivity contribution in [1.82, 2.24) is 4.98 Å². The zero-order valence-electron chi connectivity index (χ0n) is 18.1. The average molecular weight is 396 g/mol. The van der Waals surface area contributed by atoms with Gasteiger partial charge >= 0.3 is 0 Å². The minimum atomic E-state index is 0.867. The van der Waals surface area contributed by atoms with E-state index in [1.165, 1.54) is 38.6 Å². The van der Waals surface area contributed by atoms with Crippen LogP contribution in [0.1, 0.15) is 40.4 Å². The number of hydrogen-bond acceptors (Lipinski definition) is 2. The number of aromatic nitrogens is 1. The summed E-state index contributed by atoms with van der Waals surface area (Å²) in [6.45, 7) is 4.29. The van der Waals surface area contributed by atoms with E-state index in [4.69, 9.17) is 9.72 Å². The van der Waals surface area contributed by atoms with Gasteiger partial charge in [0.15, 0.2) is 0 Å². The van der Waals surface area contributed by atoms with Crippen LogP contribution in [0.15, 0.2) is 72.9 Å². The predicted octanol–water partition coefficient (Wildman–Crippen LogP) is 6.49. The summed E-state index contributed by atoms with van der Waals surface area (Å²) >= 11 is 0. The third-order valence-corrected chi connectivity index (χ3v) is 5.87. The van der Waals surface area contributed by atoms with Gasteiger partial charge in [0, 0.05) is 23.7 Å². The molecule has 4 aromatic rings. The molecule has 2 nitrogen and oxygen atoms in total. The molecule has 0 aliphatic heterocycles. The van der Waals surface area contributed by atoms with Crippen LogP contribution in [0, 0.1) is 6.92 Å². The van der Waals surface area contributed by atoms with Crippen molar-refractivity contribution in [3.63, 3.8) is 0 Å². The van der Waals surface area contributed by atoms with E-state index in [1.54, 1.807) is 7.11 Å². The molecule has 0 spiro atoms. The SMILES string of the molecule is CCc1ccc(Cc2cc3c(CCc4ccc(OC)c(C)c4)cccc3cn2)cc1. The van der Waals surface area contributed by atoms with Crippen LogP contribution in [0.3, 0.4) is 0 Å². The number of fused-ring (bicyclic) bond motifs is 1. The highest BCUT2D eigenvalue weighted by molar-refractivity contribution is 5.85. The molecule has 0 bridgehead atoms. The van der Waals surface area contributed by atoms with Crippen molar-refractivity contribution < 1.29 is 4.74 Å². The summed E-state index contributed by atoms with van der Waals surface area (Å²) in [7, 11) is 1.72. The van der Waals surface area contributed by atoms with E-state index in [1.807, 2.05) is 6.20 Å². The van der Waals surface area contributed by atoms with Gasteiger partial charge in [0.1, 0.15) is 5.75 Å². The summed E-state index contributed by atoms with van der Waals surface area (Å²) in [4.78, 5) is 4.72. The summed E-state index contributed by atoms with van der Waals surface area (Å²) in [5.74, 6) is 0.951. The summed E-state index contributed by atoms with van der Waals surface area (Å²) < 4.78 is 5.39. The number of hydrogen-bond donors (Lipinski definition) is 0. The molecule has 0 saturated heterocycles. The second kappa shape index (κ2) is 9.13. The van der Waals surface area contributed by atoms with Gasteiger partial charge in [-0.3, -0.25) is 4.98 Å². The molecule has 0 radical (unpaired) electrons. The van der Waals surface area contributed by atoms with Crippen molar-refractivity contribution in [2.75, 3.05) is 7.11 Å².